The van der Waals surface area contributed by atoms with Gasteiger partial charge in [-0.25, -0.2) is 5.01 Å². The number of halogens is 1. The first-order valence-corrected chi connectivity index (χ1v) is 13.2. The minimum atomic E-state index is 0. The zero-order valence-electron chi connectivity index (χ0n) is 22.3. The molecule has 0 spiro atoms. The van der Waals surface area contributed by atoms with Crippen LogP contribution in [0.4, 0.5) is 0 Å². The summed E-state index contributed by atoms with van der Waals surface area (Å²) in [5, 5.41) is 3.78. The Morgan fingerprint density at radius 2 is 1.18 bits per heavy atom. The third-order valence-corrected chi connectivity index (χ3v) is 6.49. The Hall–Kier alpha value is -1.10. The van der Waals surface area contributed by atoms with Gasteiger partial charge in [-0.1, -0.05) is 89.3 Å². The lowest BCUT2D eigenvalue weighted by molar-refractivity contribution is -0.890. The van der Waals surface area contributed by atoms with Gasteiger partial charge in [-0.05, 0) is 25.0 Å². The van der Waals surface area contributed by atoms with Crippen LogP contribution in [0.25, 0.3) is 0 Å². The van der Waals surface area contributed by atoms with E-state index in [-0.39, 0.29) is 18.3 Å². The highest BCUT2D eigenvalue weighted by Crippen LogP contribution is 2.13. The molecule has 4 nitrogen and oxygen atoms in total. The molecule has 33 heavy (non-hydrogen) atoms. The van der Waals surface area contributed by atoms with Gasteiger partial charge >= 0.3 is 0 Å². The van der Waals surface area contributed by atoms with Gasteiger partial charge in [0.15, 0.2) is 0 Å². The molecule has 0 aliphatic rings. The van der Waals surface area contributed by atoms with Gasteiger partial charge in [0.1, 0.15) is 0 Å². The molecule has 0 saturated carbocycles. The Morgan fingerprint density at radius 3 is 1.67 bits per heavy atom. The molecule has 0 fully saturated rings. The van der Waals surface area contributed by atoms with Crippen molar-refractivity contribution < 1.29 is 21.7 Å². The third-order valence-electron chi connectivity index (χ3n) is 6.49. The molecule has 0 N–H and O–H groups in total. The molecule has 1 aromatic rings. The average Bonchev–Trinajstić information content (AvgIpc) is 2.77. The van der Waals surface area contributed by atoms with Gasteiger partial charge in [-0.15, -0.1) is 0 Å². The van der Waals surface area contributed by atoms with E-state index in [9.17, 15) is 4.79 Å². The zero-order chi connectivity index (χ0) is 23.7. The lowest BCUT2D eigenvalue weighted by Crippen LogP contribution is -3.00. The van der Waals surface area contributed by atoms with Gasteiger partial charge in [0, 0.05) is 32.6 Å². The number of quaternary nitrogens is 1. The summed E-state index contributed by atoms with van der Waals surface area (Å²) in [4.78, 5) is 12.8. The molecule has 192 valence electrons. The molecular formula is C28H52ClN3O. The average molecular weight is 482 g/mol. The number of carbonyl (C=O) groups excluding carboxylic acids is 1. The fraction of sp³-hybridized carbons (Fsp3) is 0.750. The number of carbonyl (C=O) groups is 1. The van der Waals surface area contributed by atoms with Crippen molar-refractivity contribution in [1.82, 2.24) is 10.0 Å². The maximum Gasteiger partial charge on any atom is 0.268 e. The predicted molar refractivity (Wildman–Crippen MR) is 139 cm³/mol. The lowest BCUT2D eigenvalue weighted by Gasteiger charge is -2.33. The summed E-state index contributed by atoms with van der Waals surface area (Å²) in [5.74, 6) is 0.0851. The first kappa shape index (κ1) is 31.9. The van der Waals surface area contributed by atoms with Crippen LogP contribution in [0.5, 0.6) is 0 Å². The molecule has 1 amide bonds. The Labute approximate surface area is 211 Å². The summed E-state index contributed by atoms with van der Waals surface area (Å²) in [6.45, 7) is 5.38. The normalized spacial score (nSPS) is 11.5. The van der Waals surface area contributed by atoms with Crippen molar-refractivity contribution in [1.29, 1.82) is 0 Å². The van der Waals surface area contributed by atoms with Crippen LogP contribution in [0.1, 0.15) is 101 Å². The van der Waals surface area contributed by atoms with Crippen LogP contribution in [0.3, 0.4) is 0 Å². The van der Waals surface area contributed by atoms with Crippen molar-refractivity contribution in [3.63, 3.8) is 0 Å². The van der Waals surface area contributed by atoms with E-state index in [4.69, 9.17) is 0 Å². The molecule has 1 aromatic carbocycles. The maximum absolute atomic E-state index is 12.8. The second-order valence-electron chi connectivity index (χ2n) is 10.3. The molecule has 0 bridgehead atoms. The Morgan fingerprint density at radius 1 is 0.727 bits per heavy atom. The molecule has 0 heterocycles. The predicted octanol–water partition coefficient (Wildman–Crippen LogP) is 3.78. The smallest absolute Gasteiger partial charge is 0.268 e. The minimum absolute atomic E-state index is 0. The fourth-order valence-electron chi connectivity index (χ4n) is 4.35. The van der Waals surface area contributed by atoms with E-state index in [1.165, 1.54) is 83.6 Å². The number of unbranched alkanes of at least 4 members (excludes halogenated alkanes) is 11. The fourth-order valence-corrected chi connectivity index (χ4v) is 4.35. The monoisotopic (exact) mass is 481 g/mol. The number of hydrogen-bond acceptors (Lipinski definition) is 2. The van der Waals surface area contributed by atoms with Gasteiger partial charge in [0.05, 0.1) is 27.2 Å². The Kier molecular flexibility index (Phi) is 18.6. The Bertz CT molecular complexity index is 592. The highest BCUT2D eigenvalue weighted by molar-refractivity contribution is 5.93. The number of rotatable bonds is 19. The molecule has 0 aliphatic carbocycles. The topological polar surface area (TPSA) is 23.6 Å². The van der Waals surface area contributed by atoms with Crippen LogP contribution < -0.4 is 12.4 Å². The number of hydrogen-bond donors (Lipinski definition) is 0. The van der Waals surface area contributed by atoms with E-state index < -0.39 is 0 Å². The van der Waals surface area contributed by atoms with Crippen molar-refractivity contribution in [2.75, 3.05) is 47.8 Å². The SMILES string of the molecule is CCCCCCCCCCCCCC[N+](C)(C)CCCN(C(=O)c1ccccc1)N(C)C.[Cl-]. The Balaban J connectivity index is 0.0000102. The van der Waals surface area contributed by atoms with Gasteiger partial charge in [-0.2, -0.15) is 0 Å². The van der Waals surface area contributed by atoms with Crippen LogP contribution in [0.15, 0.2) is 30.3 Å². The number of hydrazine groups is 1. The number of benzene rings is 1. The highest BCUT2D eigenvalue weighted by Gasteiger charge is 2.20. The molecule has 0 saturated heterocycles. The number of amides is 1. The van der Waals surface area contributed by atoms with Gasteiger partial charge in [0.2, 0.25) is 0 Å². The zero-order valence-corrected chi connectivity index (χ0v) is 23.1. The van der Waals surface area contributed by atoms with Crippen molar-refractivity contribution in [2.45, 2.75) is 90.4 Å². The van der Waals surface area contributed by atoms with Crippen molar-refractivity contribution in [2.24, 2.45) is 0 Å². The maximum atomic E-state index is 12.8. The van der Waals surface area contributed by atoms with Gasteiger partial charge < -0.3 is 16.9 Å². The largest absolute Gasteiger partial charge is 1.00 e. The molecule has 0 radical (unpaired) electrons. The van der Waals surface area contributed by atoms with Crippen LogP contribution in [0.2, 0.25) is 0 Å². The molecule has 0 unspecified atom stereocenters. The summed E-state index contributed by atoms with van der Waals surface area (Å²) in [5.41, 5.74) is 0.756. The van der Waals surface area contributed by atoms with E-state index >= 15 is 0 Å². The van der Waals surface area contributed by atoms with Crippen molar-refractivity contribution in [3.8, 4) is 0 Å². The highest BCUT2D eigenvalue weighted by atomic mass is 35.5. The first-order valence-electron chi connectivity index (χ1n) is 13.2. The van der Waals surface area contributed by atoms with E-state index in [0.717, 1.165) is 29.6 Å². The standard InChI is InChI=1S/C28H52N3O.ClH/c1-6-7-8-9-10-11-12-13-14-15-16-20-25-31(4,5)26-21-24-30(29(2)3)28(32)27-22-18-17-19-23-27;/h17-19,22-23H,6-16,20-21,24-26H2,1-5H3;1H/q+1;/p-1. The first-order chi connectivity index (χ1) is 15.4. The minimum Gasteiger partial charge on any atom is -1.00 e. The van der Waals surface area contributed by atoms with Crippen LogP contribution in [-0.2, 0) is 0 Å². The molecule has 0 aliphatic heterocycles. The summed E-state index contributed by atoms with van der Waals surface area (Å²) in [6, 6.07) is 9.59. The molecule has 5 heteroatoms. The molecule has 0 atom stereocenters. The quantitative estimate of drug-likeness (QED) is 0.170. The lowest BCUT2D eigenvalue weighted by atomic mass is 10.1. The van der Waals surface area contributed by atoms with E-state index in [1.54, 1.807) is 0 Å². The van der Waals surface area contributed by atoms with Gasteiger partial charge in [-0.3, -0.25) is 9.80 Å². The summed E-state index contributed by atoms with van der Waals surface area (Å²) >= 11 is 0. The third kappa shape index (κ3) is 15.4. The van der Waals surface area contributed by atoms with E-state index in [1.807, 2.05) is 54.4 Å². The molecule has 0 aromatic heterocycles. The number of nitrogens with zero attached hydrogens (tertiary/aromatic N) is 3. The summed E-state index contributed by atoms with van der Waals surface area (Å²) in [6.07, 6.45) is 17.8. The second-order valence-corrected chi connectivity index (χ2v) is 10.3. The van der Waals surface area contributed by atoms with Crippen LogP contribution in [-0.4, -0.2) is 68.2 Å². The van der Waals surface area contributed by atoms with Crippen molar-refractivity contribution in [3.05, 3.63) is 35.9 Å². The summed E-state index contributed by atoms with van der Waals surface area (Å²) < 4.78 is 1.04. The molecular weight excluding hydrogens is 430 g/mol. The van der Waals surface area contributed by atoms with Crippen LogP contribution >= 0.6 is 0 Å². The van der Waals surface area contributed by atoms with Gasteiger partial charge in [0.25, 0.3) is 5.91 Å². The summed E-state index contributed by atoms with van der Waals surface area (Å²) in [7, 11) is 8.57. The van der Waals surface area contributed by atoms with Crippen LogP contribution in [0, 0.1) is 0 Å². The van der Waals surface area contributed by atoms with Crippen molar-refractivity contribution >= 4 is 5.91 Å². The van der Waals surface area contributed by atoms with E-state index in [2.05, 4.69) is 21.0 Å². The second kappa shape index (κ2) is 19.2. The van der Waals surface area contributed by atoms with E-state index in [0.29, 0.717) is 0 Å². The molecule has 1 rings (SSSR count).